The summed E-state index contributed by atoms with van der Waals surface area (Å²) in [6.45, 7) is -0.492. The Labute approximate surface area is 121 Å². The molecule has 2 aromatic rings. The number of rotatable bonds is 4. The van der Waals surface area contributed by atoms with Gasteiger partial charge in [0, 0.05) is 5.69 Å². The first-order valence-corrected chi connectivity index (χ1v) is 6.32. The summed E-state index contributed by atoms with van der Waals surface area (Å²) in [6, 6.07) is 8.33. The molecule has 20 heavy (non-hydrogen) atoms. The molecule has 0 aliphatic carbocycles. The Morgan fingerprint density at radius 3 is 2.75 bits per heavy atom. The van der Waals surface area contributed by atoms with Crippen LogP contribution in [-0.2, 0) is 9.53 Å². The molecule has 0 bridgehead atoms. The fourth-order valence-electron chi connectivity index (χ4n) is 1.39. The van der Waals surface area contributed by atoms with Gasteiger partial charge in [0.1, 0.15) is 5.82 Å². The summed E-state index contributed by atoms with van der Waals surface area (Å²) in [5.74, 6) is -1.82. The SMILES string of the molecule is O=C(COC(=O)c1ccc(Br)o1)Nc1cccc(F)c1. The first-order valence-electron chi connectivity index (χ1n) is 5.52. The van der Waals surface area contributed by atoms with Gasteiger partial charge in [0.2, 0.25) is 5.76 Å². The number of esters is 1. The molecule has 2 rings (SSSR count). The van der Waals surface area contributed by atoms with Crippen LogP contribution in [0.25, 0.3) is 0 Å². The Morgan fingerprint density at radius 2 is 2.10 bits per heavy atom. The number of hydrogen-bond acceptors (Lipinski definition) is 4. The predicted octanol–water partition coefficient (Wildman–Crippen LogP) is 2.98. The standard InChI is InChI=1S/C13H9BrFNO4/c14-11-5-4-10(20-11)13(18)19-7-12(17)16-9-3-1-2-8(15)6-9/h1-6H,7H2,(H,16,17). The zero-order chi connectivity index (χ0) is 14.5. The quantitative estimate of drug-likeness (QED) is 0.868. The van der Waals surface area contributed by atoms with Gasteiger partial charge in [0.05, 0.1) is 0 Å². The van der Waals surface area contributed by atoms with Crippen LogP contribution in [0.2, 0.25) is 0 Å². The summed E-state index contributed by atoms with van der Waals surface area (Å²) in [5, 5.41) is 2.40. The van der Waals surface area contributed by atoms with Crippen LogP contribution in [-0.4, -0.2) is 18.5 Å². The molecule has 0 aliphatic heterocycles. The number of furan rings is 1. The van der Waals surface area contributed by atoms with E-state index in [9.17, 15) is 14.0 Å². The second kappa shape index (κ2) is 6.33. The summed E-state index contributed by atoms with van der Waals surface area (Å²) in [5.41, 5.74) is 0.284. The average Bonchev–Trinajstić information content (AvgIpc) is 2.83. The first kappa shape index (κ1) is 14.3. The summed E-state index contributed by atoms with van der Waals surface area (Å²) in [6.07, 6.45) is 0. The van der Waals surface area contributed by atoms with Crippen molar-refractivity contribution in [2.75, 3.05) is 11.9 Å². The molecule has 0 fully saturated rings. The van der Waals surface area contributed by atoms with E-state index in [1.807, 2.05) is 0 Å². The molecule has 1 N–H and O–H groups in total. The van der Waals surface area contributed by atoms with Gasteiger partial charge in [-0.2, -0.15) is 0 Å². The first-order chi connectivity index (χ1) is 9.54. The van der Waals surface area contributed by atoms with Crippen LogP contribution in [0.15, 0.2) is 45.5 Å². The van der Waals surface area contributed by atoms with E-state index in [0.29, 0.717) is 4.67 Å². The maximum Gasteiger partial charge on any atom is 0.374 e. The van der Waals surface area contributed by atoms with Crippen LogP contribution in [0.3, 0.4) is 0 Å². The van der Waals surface area contributed by atoms with E-state index < -0.39 is 24.3 Å². The van der Waals surface area contributed by atoms with Gasteiger partial charge in [-0.15, -0.1) is 0 Å². The minimum Gasteiger partial charge on any atom is -0.450 e. The highest BCUT2D eigenvalue weighted by Crippen LogP contribution is 2.15. The van der Waals surface area contributed by atoms with Crippen molar-refractivity contribution in [3.63, 3.8) is 0 Å². The van der Waals surface area contributed by atoms with Crippen LogP contribution in [0, 0.1) is 5.82 Å². The number of amides is 1. The number of carbonyl (C=O) groups is 2. The number of nitrogens with one attached hydrogen (secondary N) is 1. The molecule has 7 heteroatoms. The Balaban J connectivity index is 1.85. The highest BCUT2D eigenvalue weighted by molar-refractivity contribution is 9.10. The molecule has 0 aliphatic rings. The molecular formula is C13H9BrFNO4. The normalized spacial score (nSPS) is 10.1. The molecule has 0 saturated carbocycles. The molecule has 1 amide bonds. The van der Waals surface area contributed by atoms with Crippen LogP contribution >= 0.6 is 15.9 Å². The molecule has 0 spiro atoms. The lowest BCUT2D eigenvalue weighted by molar-refractivity contribution is -0.119. The maximum absolute atomic E-state index is 12.9. The Hall–Kier alpha value is -2.15. The van der Waals surface area contributed by atoms with Crippen LogP contribution in [0.1, 0.15) is 10.6 Å². The molecule has 1 aromatic heterocycles. The Kier molecular flexibility index (Phi) is 4.52. The molecule has 0 atom stereocenters. The smallest absolute Gasteiger partial charge is 0.374 e. The molecule has 1 aromatic carbocycles. The molecular weight excluding hydrogens is 333 g/mol. The van der Waals surface area contributed by atoms with Gasteiger partial charge in [-0.05, 0) is 46.3 Å². The lowest BCUT2D eigenvalue weighted by Crippen LogP contribution is -2.20. The van der Waals surface area contributed by atoms with Crippen molar-refractivity contribution in [3.05, 3.63) is 52.6 Å². The van der Waals surface area contributed by atoms with E-state index in [1.165, 1.54) is 30.3 Å². The summed E-state index contributed by atoms with van der Waals surface area (Å²) < 4.78 is 23.0. The lowest BCUT2D eigenvalue weighted by atomic mass is 10.3. The summed E-state index contributed by atoms with van der Waals surface area (Å²) >= 11 is 3.04. The molecule has 1 heterocycles. The average molecular weight is 342 g/mol. The van der Waals surface area contributed by atoms with E-state index >= 15 is 0 Å². The van der Waals surface area contributed by atoms with Gasteiger partial charge < -0.3 is 14.5 Å². The van der Waals surface area contributed by atoms with Gasteiger partial charge in [0.25, 0.3) is 5.91 Å². The molecule has 104 valence electrons. The molecule has 0 radical (unpaired) electrons. The molecule has 5 nitrogen and oxygen atoms in total. The Bertz CT molecular complexity index is 641. The van der Waals surface area contributed by atoms with Crippen molar-refractivity contribution in [3.8, 4) is 0 Å². The van der Waals surface area contributed by atoms with E-state index in [2.05, 4.69) is 21.2 Å². The van der Waals surface area contributed by atoms with Gasteiger partial charge >= 0.3 is 5.97 Å². The second-order valence-electron chi connectivity index (χ2n) is 3.74. The lowest BCUT2D eigenvalue weighted by Gasteiger charge is -2.05. The fourth-order valence-corrected chi connectivity index (χ4v) is 1.70. The van der Waals surface area contributed by atoms with Crippen molar-refractivity contribution in [2.24, 2.45) is 0 Å². The third kappa shape index (κ3) is 3.92. The molecule has 0 unspecified atom stereocenters. The van der Waals surface area contributed by atoms with Crippen molar-refractivity contribution in [2.45, 2.75) is 0 Å². The number of ether oxygens (including phenoxy) is 1. The molecule has 0 saturated heterocycles. The van der Waals surface area contributed by atoms with Gasteiger partial charge in [-0.3, -0.25) is 4.79 Å². The van der Waals surface area contributed by atoms with Crippen molar-refractivity contribution in [1.29, 1.82) is 0 Å². The summed E-state index contributed by atoms with van der Waals surface area (Å²) in [7, 11) is 0. The van der Waals surface area contributed by atoms with Gasteiger partial charge in [-0.25, -0.2) is 9.18 Å². The maximum atomic E-state index is 12.9. The van der Waals surface area contributed by atoms with E-state index in [4.69, 9.17) is 9.15 Å². The van der Waals surface area contributed by atoms with Crippen LogP contribution < -0.4 is 5.32 Å². The minimum absolute atomic E-state index is 0.0181. The van der Waals surface area contributed by atoms with Crippen LogP contribution in [0.4, 0.5) is 10.1 Å². The number of anilines is 1. The van der Waals surface area contributed by atoms with Crippen LogP contribution in [0.5, 0.6) is 0 Å². The number of halogens is 2. The monoisotopic (exact) mass is 341 g/mol. The van der Waals surface area contributed by atoms with Crippen molar-refractivity contribution in [1.82, 2.24) is 0 Å². The number of carbonyl (C=O) groups excluding carboxylic acids is 2. The van der Waals surface area contributed by atoms with E-state index in [0.717, 1.165) is 6.07 Å². The largest absolute Gasteiger partial charge is 0.450 e. The predicted molar refractivity (Wildman–Crippen MR) is 71.7 cm³/mol. The summed E-state index contributed by atoms with van der Waals surface area (Å²) in [4.78, 5) is 23.0. The van der Waals surface area contributed by atoms with Crippen molar-refractivity contribution >= 4 is 33.5 Å². The van der Waals surface area contributed by atoms with Gasteiger partial charge in [0.15, 0.2) is 11.3 Å². The zero-order valence-electron chi connectivity index (χ0n) is 10.1. The number of hydrogen-bond donors (Lipinski definition) is 1. The van der Waals surface area contributed by atoms with E-state index in [-0.39, 0.29) is 11.4 Å². The highest BCUT2D eigenvalue weighted by Gasteiger charge is 2.14. The van der Waals surface area contributed by atoms with E-state index in [1.54, 1.807) is 0 Å². The number of benzene rings is 1. The minimum atomic E-state index is -0.759. The fraction of sp³-hybridized carbons (Fsp3) is 0.0769. The highest BCUT2D eigenvalue weighted by atomic mass is 79.9. The van der Waals surface area contributed by atoms with Gasteiger partial charge in [-0.1, -0.05) is 6.07 Å². The Morgan fingerprint density at radius 1 is 1.30 bits per heavy atom. The third-order valence-electron chi connectivity index (χ3n) is 2.22. The zero-order valence-corrected chi connectivity index (χ0v) is 11.6. The third-order valence-corrected chi connectivity index (χ3v) is 2.64. The van der Waals surface area contributed by atoms with Crippen molar-refractivity contribution < 1.29 is 23.1 Å². The second-order valence-corrected chi connectivity index (χ2v) is 4.52. The topological polar surface area (TPSA) is 68.5 Å².